The van der Waals surface area contributed by atoms with E-state index < -0.39 is 0 Å². The summed E-state index contributed by atoms with van der Waals surface area (Å²) in [5.41, 5.74) is 3.10. The fraction of sp³-hybridized carbons (Fsp3) is 0.632. The summed E-state index contributed by atoms with van der Waals surface area (Å²) in [6.07, 6.45) is 7.46. The van der Waals surface area contributed by atoms with Crippen LogP contribution < -0.4 is 5.32 Å². The average molecular weight is 360 g/mol. The molecule has 3 unspecified atom stereocenters. The summed E-state index contributed by atoms with van der Waals surface area (Å²) >= 11 is 3.54. The van der Waals surface area contributed by atoms with Crippen LogP contribution in [-0.2, 0) is 15.5 Å². The van der Waals surface area contributed by atoms with Gasteiger partial charge in [0.25, 0.3) is 0 Å². The molecule has 1 saturated heterocycles. The highest BCUT2D eigenvalue weighted by Gasteiger charge is 2.69. The second-order valence-corrected chi connectivity index (χ2v) is 8.71. The molecule has 4 aliphatic carbocycles. The van der Waals surface area contributed by atoms with E-state index in [1.54, 1.807) is 0 Å². The molecule has 2 nitrogen and oxygen atoms in total. The summed E-state index contributed by atoms with van der Waals surface area (Å²) in [4.78, 5) is 11.9. The Morgan fingerprint density at radius 2 is 1.73 bits per heavy atom. The van der Waals surface area contributed by atoms with Crippen LogP contribution in [0.4, 0.5) is 0 Å². The van der Waals surface area contributed by atoms with Crippen molar-refractivity contribution in [3.8, 4) is 0 Å². The molecule has 6 rings (SSSR count). The van der Waals surface area contributed by atoms with Crippen LogP contribution in [0.5, 0.6) is 0 Å². The van der Waals surface area contributed by atoms with Crippen molar-refractivity contribution in [1.82, 2.24) is 5.32 Å². The van der Waals surface area contributed by atoms with Crippen molar-refractivity contribution >= 4 is 21.8 Å². The molecule has 0 radical (unpaired) electrons. The Hall–Kier alpha value is -0.830. The Bertz CT molecular complexity index is 615. The van der Waals surface area contributed by atoms with Gasteiger partial charge >= 0.3 is 0 Å². The number of benzene rings is 1. The van der Waals surface area contributed by atoms with Gasteiger partial charge in [-0.25, -0.2) is 0 Å². The number of halogens is 1. The lowest BCUT2D eigenvalue weighted by atomic mass is 9.38. The van der Waals surface area contributed by atoms with Crippen molar-refractivity contribution in [1.29, 1.82) is 0 Å². The van der Waals surface area contributed by atoms with Gasteiger partial charge in [0.15, 0.2) is 0 Å². The van der Waals surface area contributed by atoms with Crippen molar-refractivity contribution in [2.24, 2.45) is 17.8 Å². The van der Waals surface area contributed by atoms with Crippen molar-refractivity contribution < 1.29 is 4.79 Å². The van der Waals surface area contributed by atoms with E-state index in [4.69, 9.17) is 0 Å². The third kappa shape index (κ3) is 1.54. The lowest BCUT2D eigenvalue weighted by Gasteiger charge is -2.70. The van der Waals surface area contributed by atoms with Crippen LogP contribution in [-0.4, -0.2) is 11.4 Å². The lowest BCUT2D eigenvalue weighted by Crippen LogP contribution is -2.79. The van der Waals surface area contributed by atoms with Gasteiger partial charge in [-0.05, 0) is 61.0 Å². The summed E-state index contributed by atoms with van der Waals surface area (Å²) < 4.78 is 0. The molecule has 3 heteroatoms. The standard InChI is InChI=1S/C19H22BrNO/c20-11-12-1-3-15(4-2-12)18-8-13-5-14(9-18)7-16(6-13)19(18)10-17(22)21-19/h1-4,13-14,16H,5-11H2,(H,21,22). The zero-order valence-corrected chi connectivity index (χ0v) is 14.4. The number of rotatable bonds is 2. The molecule has 1 aromatic carbocycles. The maximum absolute atomic E-state index is 11.9. The van der Waals surface area contributed by atoms with E-state index in [9.17, 15) is 4.79 Å². The van der Waals surface area contributed by atoms with Crippen LogP contribution in [0.15, 0.2) is 24.3 Å². The van der Waals surface area contributed by atoms with E-state index >= 15 is 0 Å². The number of carbonyl (C=O) groups excluding carboxylic acids is 1. The molecule has 1 heterocycles. The highest BCUT2D eigenvalue weighted by atomic mass is 79.9. The molecule has 5 fully saturated rings. The summed E-state index contributed by atoms with van der Waals surface area (Å²) in [5.74, 6) is 2.75. The Labute approximate surface area is 140 Å². The number of carbonyl (C=O) groups is 1. The minimum Gasteiger partial charge on any atom is -0.349 e. The molecule has 4 bridgehead atoms. The van der Waals surface area contributed by atoms with Crippen LogP contribution in [0.25, 0.3) is 0 Å². The van der Waals surface area contributed by atoms with Crippen LogP contribution >= 0.6 is 15.9 Å². The topological polar surface area (TPSA) is 29.1 Å². The molecule has 3 atom stereocenters. The first-order valence-corrected chi connectivity index (χ1v) is 9.74. The van der Waals surface area contributed by atoms with Gasteiger partial charge < -0.3 is 5.32 Å². The number of β-lactam (4-membered cyclic amide) rings is 1. The van der Waals surface area contributed by atoms with Gasteiger partial charge in [0.05, 0.1) is 12.0 Å². The Morgan fingerprint density at radius 3 is 2.27 bits per heavy atom. The summed E-state index contributed by atoms with van der Waals surface area (Å²) in [6, 6.07) is 9.21. The molecule has 1 aromatic rings. The number of amides is 1. The van der Waals surface area contributed by atoms with Crippen molar-refractivity contribution in [2.45, 2.75) is 54.8 Å². The molecular formula is C19H22BrNO. The normalized spacial score (nSPS) is 45.0. The highest BCUT2D eigenvalue weighted by Crippen LogP contribution is 2.67. The summed E-state index contributed by atoms with van der Waals surface area (Å²) in [6.45, 7) is 0. The van der Waals surface area contributed by atoms with Gasteiger partial charge in [-0.3, -0.25) is 4.79 Å². The smallest absolute Gasteiger partial charge is 0.222 e. The minimum atomic E-state index is 0.0768. The molecule has 1 amide bonds. The van der Waals surface area contributed by atoms with Crippen LogP contribution in [0, 0.1) is 17.8 Å². The predicted octanol–water partition coefficient (Wildman–Crippen LogP) is 3.92. The van der Waals surface area contributed by atoms with Crippen LogP contribution in [0.1, 0.15) is 49.7 Å². The SMILES string of the molecule is O=C1CC2(N1)C1CC3CC(C1)CC2(c1ccc(CBr)cc1)C3. The maximum Gasteiger partial charge on any atom is 0.222 e. The Kier molecular flexibility index (Phi) is 2.70. The molecule has 1 spiro atoms. The van der Waals surface area contributed by atoms with Gasteiger partial charge in [-0.2, -0.15) is 0 Å². The zero-order valence-electron chi connectivity index (χ0n) is 12.8. The van der Waals surface area contributed by atoms with E-state index in [2.05, 4.69) is 45.5 Å². The molecule has 5 aliphatic rings. The molecule has 22 heavy (non-hydrogen) atoms. The van der Waals surface area contributed by atoms with Crippen molar-refractivity contribution in [2.75, 3.05) is 0 Å². The second-order valence-electron chi connectivity index (χ2n) is 8.15. The molecule has 116 valence electrons. The van der Waals surface area contributed by atoms with Gasteiger partial charge in [-0.15, -0.1) is 0 Å². The molecule has 1 aliphatic heterocycles. The first kappa shape index (κ1) is 13.6. The van der Waals surface area contributed by atoms with Gasteiger partial charge in [0.2, 0.25) is 5.91 Å². The van der Waals surface area contributed by atoms with Crippen LogP contribution in [0.2, 0.25) is 0 Å². The highest BCUT2D eigenvalue weighted by molar-refractivity contribution is 9.08. The van der Waals surface area contributed by atoms with E-state index in [0.717, 1.165) is 23.6 Å². The number of hydrogen-bond acceptors (Lipinski definition) is 1. The number of alkyl halides is 1. The fourth-order valence-electron chi connectivity index (χ4n) is 6.55. The summed E-state index contributed by atoms with van der Waals surface area (Å²) in [5, 5.41) is 4.33. The van der Waals surface area contributed by atoms with E-state index in [-0.39, 0.29) is 16.9 Å². The zero-order chi connectivity index (χ0) is 14.9. The second kappa shape index (κ2) is 4.37. The van der Waals surface area contributed by atoms with Crippen LogP contribution in [0.3, 0.4) is 0 Å². The molecule has 1 N–H and O–H groups in total. The predicted molar refractivity (Wildman–Crippen MR) is 89.8 cm³/mol. The molecule has 0 aromatic heterocycles. The van der Waals surface area contributed by atoms with E-state index in [1.807, 2.05) is 0 Å². The fourth-order valence-corrected chi connectivity index (χ4v) is 6.92. The first-order chi connectivity index (χ1) is 10.6. The average Bonchev–Trinajstić information content (AvgIpc) is 2.49. The largest absolute Gasteiger partial charge is 0.349 e. The molecule has 4 saturated carbocycles. The first-order valence-electron chi connectivity index (χ1n) is 8.62. The summed E-state index contributed by atoms with van der Waals surface area (Å²) in [7, 11) is 0. The van der Waals surface area contributed by atoms with Crippen molar-refractivity contribution in [3.05, 3.63) is 35.4 Å². The Morgan fingerprint density at radius 1 is 1.09 bits per heavy atom. The monoisotopic (exact) mass is 359 g/mol. The lowest BCUT2D eigenvalue weighted by molar-refractivity contribution is -0.163. The number of hydrogen-bond donors (Lipinski definition) is 1. The molecular weight excluding hydrogens is 338 g/mol. The van der Waals surface area contributed by atoms with Gasteiger partial charge in [-0.1, -0.05) is 40.2 Å². The third-order valence-electron chi connectivity index (χ3n) is 7.19. The maximum atomic E-state index is 11.9. The minimum absolute atomic E-state index is 0.0768. The van der Waals surface area contributed by atoms with Gasteiger partial charge in [0.1, 0.15) is 0 Å². The Balaban J connectivity index is 1.63. The third-order valence-corrected chi connectivity index (χ3v) is 7.84. The van der Waals surface area contributed by atoms with Crippen molar-refractivity contribution in [3.63, 3.8) is 0 Å². The van der Waals surface area contributed by atoms with E-state index in [0.29, 0.717) is 5.92 Å². The quantitative estimate of drug-likeness (QED) is 0.629. The number of nitrogens with one attached hydrogen (secondary N) is 1. The van der Waals surface area contributed by atoms with Gasteiger partial charge in [0, 0.05) is 10.7 Å². The van der Waals surface area contributed by atoms with E-state index in [1.165, 1.54) is 43.2 Å².